The van der Waals surface area contributed by atoms with E-state index in [1.54, 1.807) is 10.7 Å². The molecule has 18 heavy (non-hydrogen) atoms. The van der Waals surface area contributed by atoms with E-state index in [0.717, 1.165) is 11.4 Å². The predicted molar refractivity (Wildman–Crippen MR) is 76.4 cm³/mol. The molecule has 0 bridgehead atoms. The summed E-state index contributed by atoms with van der Waals surface area (Å²) in [5.74, 6) is 0.624. The molecule has 0 spiro atoms. The molecule has 0 saturated heterocycles. The molecule has 0 unspecified atom stereocenters. The Morgan fingerprint density at radius 2 is 2.17 bits per heavy atom. The second-order valence-corrected chi connectivity index (χ2v) is 5.30. The topological polar surface area (TPSA) is 43.8 Å². The van der Waals surface area contributed by atoms with Gasteiger partial charge in [-0.15, -0.1) is 0 Å². The summed E-state index contributed by atoms with van der Waals surface area (Å²) in [6.07, 6.45) is 4.39. The Kier molecular flexibility index (Phi) is 2.84. The van der Waals surface area contributed by atoms with E-state index in [1.807, 2.05) is 24.4 Å². The van der Waals surface area contributed by atoms with Crippen molar-refractivity contribution in [3.05, 3.63) is 46.7 Å². The van der Waals surface area contributed by atoms with Gasteiger partial charge in [-0.1, -0.05) is 29.9 Å². The smallest absolute Gasteiger partial charge is 0.107 e. The molecule has 0 radical (unpaired) electrons. The van der Waals surface area contributed by atoms with Crippen molar-refractivity contribution >= 4 is 28.8 Å². The number of nitrogens with two attached hydrogens (primary N) is 1. The number of thiocarbonyl (C=S) groups is 1. The maximum atomic E-state index is 6.15. The molecule has 2 N–H and O–H groups in total. The monoisotopic (exact) mass is 277 g/mol. The van der Waals surface area contributed by atoms with Crippen molar-refractivity contribution in [3.63, 3.8) is 0 Å². The van der Waals surface area contributed by atoms with Crippen LogP contribution in [0.3, 0.4) is 0 Å². The van der Waals surface area contributed by atoms with Crippen LogP contribution in [0.1, 0.15) is 30.0 Å². The molecule has 0 amide bonds. The molecule has 1 heterocycles. The molecule has 92 valence electrons. The fourth-order valence-electron chi connectivity index (χ4n) is 2.02. The number of benzene rings is 1. The Hall–Kier alpha value is -1.39. The van der Waals surface area contributed by atoms with Gasteiger partial charge in [-0.05, 0) is 31.0 Å². The Labute approximate surface area is 116 Å². The first-order valence-electron chi connectivity index (χ1n) is 5.81. The third-order valence-corrected chi connectivity index (χ3v) is 3.61. The highest BCUT2D eigenvalue weighted by Gasteiger charge is 2.26. The van der Waals surface area contributed by atoms with Crippen LogP contribution in [0.4, 0.5) is 0 Å². The van der Waals surface area contributed by atoms with Crippen LogP contribution < -0.4 is 5.73 Å². The minimum atomic E-state index is 0.291. The molecule has 1 aromatic carbocycles. The molecule has 0 aliphatic heterocycles. The zero-order valence-corrected chi connectivity index (χ0v) is 11.2. The number of aromatic nitrogens is 2. The van der Waals surface area contributed by atoms with E-state index in [1.165, 1.54) is 12.8 Å². The van der Waals surface area contributed by atoms with E-state index in [4.69, 9.17) is 29.6 Å². The second kappa shape index (κ2) is 4.37. The zero-order chi connectivity index (χ0) is 12.7. The fraction of sp³-hybridized carbons (Fsp3) is 0.231. The van der Waals surface area contributed by atoms with Crippen molar-refractivity contribution in [2.24, 2.45) is 5.73 Å². The van der Waals surface area contributed by atoms with Gasteiger partial charge in [-0.2, -0.15) is 5.10 Å². The zero-order valence-electron chi connectivity index (χ0n) is 9.64. The summed E-state index contributed by atoms with van der Waals surface area (Å²) in [4.78, 5) is 0.291. The number of rotatable bonds is 3. The van der Waals surface area contributed by atoms with Gasteiger partial charge in [0.2, 0.25) is 0 Å². The van der Waals surface area contributed by atoms with Crippen molar-refractivity contribution in [1.82, 2.24) is 9.78 Å². The van der Waals surface area contributed by atoms with E-state index >= 15 is 0 Å². The van der Waals surface area contributed by atoms with Gasteiger partial charge in [0.25, 0.3) is 0 Å². The van der Waals surface area contributed by atoms with Gasteiger partial charge < -0.3 is 5.73 Å². The first-order chi connectivity index (χ1) is 8.66. The number of halogens is 1. The molecule has 3 nitrogen and oxygen atoms in total. The van der Waals surface area contributed by atoms with Crippen LogP contribution in [0.15, 0.2) is 30.5 Å². The molecule has 1 fully saturated rings. The molecule has 1 saturated carbocycles. The maximum absolute atomic E-state index is 6.15. The lowest BCUT2D eigenvalue weighted by molar-refractivity contribution is 0.836. The largest absolute Gasteiger partial charge is 0.389 e. The van der Waals surface area contributed by atoms with Crippen LogP contribution in [0, 0.1) is 0 Å². The van der Waals surface area contributed by atoms with Gasteiger partial charge >= 0.3 is 0 Å². The van der Waals surface area contributed by atoms with Gasteiger partial charge in [-0.25, -0.2) is 4.68 Å². The minimum Gasteiger partial charge on any atom is -0.389 e. The summed E-state index contributed by atoms with van der Waals surface area (Å²) in [5.41, 5.74) is 8.38. The highest BCUT2D eigenvalue weighted by molar-refractivity contribution is 7.80. The predicted octanol–water partition coefficient (Wildman–Crippen LogP) is 3.04. The highest BCUT2D eigenvalue weighted by Crippen LogP contribution is 2.39. The lowest BCUT2D eigenvalue weighted by atomic mass is 10.2. The van der Waals surface area contributed by atoms with Crippen LogP contribution in [-0.2, 0) is 0 Å². The molecular formula is C13H12ClN3S. The van der Waals surface area contributed by atoms with Crippen molar-refractivity contribution < 1.29 is 0 Å². The molecule has 3 rings (SSSR count). The summed E-state index contributed by atoms with van der Waals surface area (Å²) in [6, 6.07) is 7.62. The third-order valence-electron chi connectivity index (χ3n) is 3.09. The SMILES string of the molecule is NC(=S)c1c(Cl)cccc1-n1ccc(C2CC2)n1. The van der Waals surface area contributed by atoms with Crippen molar-refractivity contribution in [2.45, 2.75) is 18.8 Å². The van der Waals surface area contributed by atoms with Gasteiger partial charge in [0.05, 0.1) is 22.0 Å². The van der Waals surface area contributed by atoms with Crippen molar-refractivity contribution in [1.29, 1.82) is 0 Å². The first-order valence-corrected chi connectivity index (χ1v) is 6.59. The minimum absolute atomic E-state index is 0.291. The van der Waals surface area contributed by atoms with Crippen molar-refractivity contribution in [3.8, 4) is 5.69 Å². The average Bonchev–Trinajstić information content (AvgIpc) is 3.06. The van der Waals surface area contributed by atoms with Crippen LogP contribution in [0.5, 0.6) is 0 Å². The van der Waals surface area contributed by atoms with Crippen LogP contribution in [0.25, 0.3) is 5.69 Å². The summed E-state index contributed by atoms with van der Waals surface area (Å²) in [6.45, 7) is 0. The number of hydrogen-bond acceptors (Lipinski definition) is 2. The van der Waals surface area contributed by atoms with Gasteiger partial charge in [0.1, 0.15) is 4.99 Å². The molecule has 2 aromatic rings. The molecule has 1 aliphatic carbocycles. The third kappa shape index (κ3) is 2.02. The van der Waals surface area contributed by atoms with E-state index in [0.29, 0.717) is 21.5 Å². The summed E-state index contributed by atoms with van der Waals surface area (Å²) >= 11 is 11.2. The van der Waals surface area contributed by atoms with E-state index in [2.05, 4.69) is 5.10 Å². The van der Waals surface area contributed by atoms with Gasteiger partial charge in [0.15, 0.2) is 0 Å². The van der Waals surface area contributed by atoms with E-state index in [9.17, 15) is 0 Å². The molecule has 5 heteroatoms. The molecule has 1 aromatic heterocycles. The van der Waals surface area contributed by atoms with Gasteiger partial charge in [-0.3, -0.25) is 0 Å². The highest BCUT2D eigenvalue weighted by atomic mass is 35.5. The quantitative estimate of drug-likeness (QED) is 0.877. The Morgan fingerprint density at radius 1 is 1.39 bits per heavy atom. The molecular weight excluding hydrogens is 266 g/mol. The lowest BCUT2D eigenvalue weighted by Gasteiger charge is -2.09. The lowest BCUT2D eigenvalue weighted by Crippen LogP contribution is -2.14. The summed E-state index contributed by atoms with van der Waals surface area (Å²) in [7, 11) is 0. The van der Waals surface area contributed by atoms with Gasteiger partial charge in [0, 0.05) is 12.1 Å². The van der Waals surface area contributed by atoms with E-state index in [-0.39, 0.29) is 0 Å². The standard InChI is InChI=1S/C13H12ClN3S/c14-9-2-1-3-11(12(9)13(15)18)17-7-6-10(16-17)8-4-5-8/h1-3,6-8H,4-5H2,(H2,15,18). The maximum Gasteiger partial charge on any atom is 0.107 e. The molecule has 1 aliphatic rings. The summed E-state index contributed by atoms with van der Waals surface area (Å²) < 4.78 is 1.80. The number of nitrogens with zero attached hydrogens (tertiary/aromatic N) is 2. The van der Waals surface area contributed by atoms with Crippen LogP contribution in [0.2, 0.25) is 5.02 Å². The Bertz CT molecular complexity index is 616. The normalized spacial score (nSPS) is 14.7. The summed E-state index contributed by atoms with van der Waals surface area (Å²) in [5, 5.41) is 5.13. The fourth-order valence-corrected chi connectivity index (χ4v) is 2.56. The average molecular weight is 278 g/mol. The second-order valence-electron chi connectivity index (χ2n) is 4.46. The van der Waals surface area contributed by atoms with Crippen LogP contribution >= 0.6 is 23.8 Å². The van der Waals surface area contributed by atoms with E-state index < -0.39 is 0 Å². The Balaban J connectivity index is 2.09. The van der Waals surface area contributed by atoms with Crippen molar-refractivity contribution in [2.75, 3.05) is 0 Å². The first kappa shape index (κ1) is 11.7. The van der Waals surface area contributed by atoms with Crippen LogP contribution in [-0.4, -0.2) is 14.8 Å². The number of hydrogen-bond donors (Lipinski definition) is 1. The Morgan fingerprint density at radius 3 is 2.83 bits per heavy atom. The molecule has 0 atom stereocenters.